The third kappa shape index (κ3) is 3.84. The highest BCUT2D eigenvalue weighted by molar-refractivity contribution is 5.97. The summed E-state index contributed by atoms with van der Waals surface area (Å²) in [4.78, 5) is 25.0. The molecule has 0 aromatic heterocycles. The van der Waals surface area contributed by atoms with Crippen molar-refractivity contribution in [2.45, 2.75) is 13.3 Å². The SMILES string of the molecule is CCOc1ccc(-c2ccc3c(c2)C=C(C(=O)OC)CCN3C=O)cc1F. The molecule has 0 N–H and O–H groups in total. The number of nitrogens with zero attached hydrogens (tertiary/aromatic N) is 1. The van der Waals surface area contributed by atoms with Gasteiger partial charge in [0, 0.05) is 12.1 Å². The number of hydrogen-bond donors (Lipinski definition) is 0. The summed E-state index contributed by atoms with van der Waals surface area (Å²) in [5.41, 5.74) is 3.32. The average molecular weight is 369 g/mol. The normalized spacial score (nSPS) is 13.3. The molecule has 1 amide bonds. The molecule has 0 fully saturated rings. The predicted molar refractivity (Wildman–Crippen MR) is 101 cm³/mol. The van der Waals surface area contributed by atoms with E-state index in [0.717, 1.165) is 12.0 Å². The maximum Gasteiger partial charge on any atom is 0.333 e. The van der Waals surface area contributed by atoms with Gasteiger partial charge in [0.1, 0.15) is 0 Å². The number of carbonyl (C=O) groups excluding carboxylic acids is 2. The van der Waals surface area contributed by atoms with E-state index in [1.807, 2.05) is 12.1 Å². The molecule has 27 heavy (non-hydrogen) atoms. The van der Waals surface area contributed by atoms with Crippen LogP contribution in [0.2, 0.25) is 0 Å². The van der Waals surface area contributed by atoms with Gasteiger partial charge in [-0.05, 0) is 60.4 Å². The van der Waals surface area contributed by atoms with E-state index in [4.69, 9.17) is 9.47 Å². The first-order valence-corrected chi connectivity index (χ1v) is 8.65. The van der Waals surface area contributed by atoms with E-state index in [0.29, 0.717) is 42.0 Å². The summed E-state index contributed by atoms with van der Waals surface area (Å²) in [7, 11) is 1.32. The van der Waals surface area contributed by atoms with Crippen LogP contribution in [0.4, 0.5) is 10.1 Å². The fourth-order valence-corrected chi connectivity index (χ4v) is 3.09. The van der Waals surface area contributed by atoms with E-state index < -0.39 is 11.8 Å². The summed E-state index contributed by atoms with van der Waals surface area (Å²) >= 11 is 0. The molecule has 1 aliphatic rings. The zero-order chi connectivity index (χ0) is 19.4. The molecule has 0 saturated heterocycles. The molecule has 2 aromatic carbocycles. The molecule has 0 unspecified atom stereocenters. The van der Waals surface area contributed by atoms with Crippen LogP contribution in [-0.2, 0) is 14.3 Å². The zero-order valence-corrected chi connectivity index (χ0v) is 15.2. The summed E-state index contributed by atoms with van der Waals surface area (Å²) in [5.74, 6) is -0.660. The highest BCUT2D eigenvalue weighted by Gasteiger charge is 2.20. The number of ether oxygens (including phenoxy) is 2. The molecule has 0 saturated carbocycles. The third-order valence-electron chi connectivity index (χ3n) is 4.43. The molecular formula is C21H20FNO4. The Labute approximate surface area is 157 Å². The summed E-state index contributed by atoms with van der Waals surface area (Å²) in [6, 6.07) is 10.2. The van der Waals surface area contributed by atoms with E-state index >= 15 is 0 Å². The summed E-state index contributed by atoms with van der Waals surface area (Å²) in [6.45, 7) is 2.57. The Morgan fingerprint density at radius 1 is 1.22 bits per heavy atom. The van der Waals surface area contributed by atoms with Crippen molar-refractivity contribution < 1.29 is 23.5 Å². The summed E-state index contributed by atoms with van der Waals surface area (Å²) in [6.07, 6.45) is 2.86. The first-order chi connectivity index (χ1) is 13.1. The Morgan fingerprint density at radius 3 is 2.63 bits per heavy atom. The number of benzene rings is 2. The molecule has 1 heterocycles. The smallest absolute Gasteiger partial charge is 0.333 e. The lowest BCUT2D eigenvalue weighted by atomic mass is 10.00. The minimum atomic E-state index is -0.440. The zero-order valence-electron chi connectivity index (χ0n) is 15.2. The number of halogens is 1. The Bertz CT molecular complexity index is 907. The van der Waals surface area contributed by atoms with Crippen LogP contribution in [0.1, 0.15) is 18.9 Å². The quantitative estimate of drug-likeness (QED) is 0.594. The van der Waals surface area contributed by atoms with Crippen LogP contribution in [-0.4, -0.2) is 32.6 Å². The number of hydrogen-bond acceptors (Lipinski definition) is 4. The van der Waals surface area contributed by atoms with Crippen molar-refractivity contribution in [3.05, 3.63) is 53.4 Å². The van der Waals surface area contributed by atoms with Gasteiger partial charge in [-0.2, -0.15) is 0 Å². The molecule has 3 rings (SSSR count). The van der Waals surface area contributed by atoms with Crippen molar-refractivity contribution in [3.63, 3.8) is 0 Å². The van der Waals surface area contributed by atoms with Gasteiger partial charge in [0.05, 0.1) is 19.4 Å². The van der Waals surface area contributed by atoms with Crippen LogP contribution in [0, 0.1) is 5.82 Å². The Kier molecular flexibility index (Phi) is 5.54. The maximum absolute atomic E-state index is 14.2. The molecule has 0 bridgehead atoms. The standard InChI is InChI=1S/C21H20FNO4/c1-3-27-20-7-5-15(12-18(20)22)14-4-6-19-17(10-14)11-16(21(25)26-2)8-9-23(19)13-24/h4-7,10-13H,3,8-9H2,1-2H3. The van der Waals surface area contributed by atoms with Gasteiger partial charge in [0.2, 0.25) is 6.41 Å². The molecule has 0 radical (unpaired) electrons. The second-order valence-electron chi connectivity index (χ2n) is 6.06. The van der Waals surface area contributed by atoms with Crippen LogP contribution in [0.15, 0.2) is 42.0 Å². The number of amides is 1. The number of methoxy groups -OCH3 is 1. The largest absolute Gasteiger partial charge is 0.491 e. The van der Waals surface area contributed by atoms with Crippen LogP contribution in [0.3, 0.4) is 0 Å². The number of anilines is 1. The van der Waals surface area contributed by atoms with Crippen LogP contribution >= 0.6 is 0 Å². The summed E-state index contributed by atoms with van der Waals surface area (Å²) in [5, 5.41) is 0. The van der Waals surface area contributed by atoms with E-state index in [2.05, 4.69) is 0 Å². The molecule has 0 atom stereocenters. The van der Waals surface area contributed by atoms with Gasteiger partial charge in [0.25, 0.3) is 0 Å². The minimum Gasteiger partial charge on any atom is -0.491 e. The van der Waals surface area contributed by atoms with E-state index in [-0.39, 0.29) is 5.75 Å². The first-order valence-electron chi connectivity index (χ1n) is 8.65. The van der Waals surface area contributed by atoms with Crippen molar-refractivity contribution in [1.82, 2.24) is 0 Å². The van der Waals surface area contributed by atoms with Crippen molar-refractivity contribution >= 4 is 24.1 Å². The molecule has 0 spiro atoms. The van der Waals surface area contributed by atoms with Gasteiger partial charge in [-0.25, -0.2) is 9.18 Å². The van der Waals surface area contributed by atoms with Crippen LogP contribution < -0.4 is 9.64 Å². The Hall–Kier alpha value is -3.15. The highest BCUT2D eigenvalue weighted by Crippen LogP contribution is 2.33. The minimum absolute atomic E-state index is 0.205. The first kappa shape index (κ1) is 18.6. The summed E-state index contributed by atoms with van der Waals surface area (Å²) < 4.78 is 24.3. The van der Waals surface area contributed by atoms with Gasteiger partial charge in [-0.15, -0.1) is 0 Å². The number of carbonyl (C=O) groups is 2. The average Bonchev–Trinajstić information content (AvgIpc) is 2.87. The lowest BCUT2D eigenvalue weighted by Gasteiger charge is -2.18. The molecule has 140 valence electrons. The number of esters is 1. The van der Waals surface area contributed by atoms with Gasteiger partial charge >= 0.3 is 5.97 Å². The van der Waals surface area contributed by atoms with E-state index in [1.54, 1.807) is 36.1 Å². The number of fused-ring (bicyclic) bond motifs is 1. The van der Waals surface area contributed by atoms with Crippen molar-refractivity contribution in [1.29, 1.82) is 0 Å². The van der Waals surface area contributed by atoms with Gasteiger partial charge in [-0.3, -0.25) is 4.79 Å². The monoisotopic (exact) mass is 369 g/mol. The molecule has 0 aliphatic carbocycles. The topological polar surface area (TPSA) is 55.8 Å². The highest BCUT2D eigenvalue weighted by atomic mass is 19.1. The maximum atomic E-state index is 14.2. The molecule has 5 nitrogen and oxygen atoms in total. The van der Waals surface area contributed by atoms with E-state index in [9.17, 15) is 14.0 Å². The second-order valence-corrected chi connectivity index (χ2v) is 6.06. The van der Waals surface area contributed by atoms with Crippen molar-refractivity contribution in [3.8, 4) is 16.9 Å². The Balaban J connectivity index is 2.05. The van der Waals surface area contributed by atoms with Gasteiger partial charge < -0.3 is 14.4 Å². The Morgan fingerprint density at radius 2 is 1.96 bits per heavy atom. The second kappa shape index (κ2) is 8.03. The lowest BCUT2D eigenvalue weighted by Crippen LogP contribution is -2.23. The fourth-order valence-electron chi connectivity index (χ4n) is 3.09. The van der Waals surface area contributed by atoms with Crippen LogP contribution in [0.25, 0.3) is 17.2 Å². The van der Waals surface area contributed by atoms with Crippen molar-refractivity contribution in [2.75, 3.05) is 25.2 Å². The lowest BCUT2D eigenvalue weighted by molar-refractivity contribution is -0.136. The van der Waals surface area contributed by atoms with Gasteiger partial charge in [-0.1, -0.05) is 12.1 Å². The van der Waals surface area contributed by atoms with Crippen molar-refractivity contribution in [2.24, 2.45) is 0 Å². The molecular weight excluding hydrogens is 349 g/mol. The third-order valence-corrected chi connectivity index (χ3v) is 4.43. The molecule has 2 aromatic rings. The van der Waals surface area contributed by atoms with E-state index in [1.165, 1.54) is 13.2 Å². The van der Waals surface area contributed by atoms with Gasteiger partial charge in [0.15, 0.2) is 11.6 Å². The van der Waals surface area contributed by atoms with Crippen LogP contribution in [0.5, 0.6) is 5.75 Å². The predicted octanol–water partition coefficient (Wildman–Crippen LogP) is 3.81. The number of rotatable bonds is 5. The fraction of sp³-hybridized carbons (Fsp3) is 0.238. The molecule has 6 heteroatoms. The molecule has 1 aliphatic heterocycles.